The summed E-state index contributed by atoms with van der Waals surface area (Å²) in [6.45, 7) is 4.15. The minimum Gasteiger partial charge on any atom is -0.330 e. The van der Waals surface area contributed by atoms with Crippen molar-refractivity contribution in [3.8, 4) is 0 Å². The van der Waals surface area contributed by atoms with Gasteiger partial charge in [-0.25, -0.2) is 4.39 Å². The Hall–Kier alpha value is -0.150. The van der Waals surface area contributed by atoms with E-state index in [2.05, 4.69) is 11.8 Å². The van der Waals surface area contributed by atoms with Crippen LogP contribution < -0.4 is 5.73 Å². The summed E-state index contributed by atoms with van der Waals surface area (Å²) in [6, 6.07) is 0.547. The minimum absolute atomic E-state index is 0.234. The van der Waals surface area contributed by atoms with Crippen LogP contribution in [0.15, 0.2) is 0 Å². The van der Waals surface area contributed by atoms with E-state index < -0.39 is 0 Å². The van der Waals surface area contributed by atoms with Crippen molar-refractivity contribution in [2.45, 2.75) is 32.2 Å². The zero-order chi connectivity index (χ0) is 9.68. The maximum atomic E-state index is 12.2. The first-order valence-corrected chi connectivity index (χ1v) is 5.33. The van der Waals surface area contributed by atoms with E-state index in [0.29, 0.717) is 18.5 Å². The Labute approximate surface area is 80.3 Å². The fraction of sp³-hybridized carbons (Fsp3) is 1.00. The van der Waals surface area contributed by atoms with E-state index in [1.165, 1.54) is 19.3 Å². The van der Waals surface area contributed by atoms with Crippen molar-refractivity contribution in [1.29, 1.82) is 0 Å². The van der Waals surface area contributed by atoms with E-state index in [-0.39, 0.29) is 6.67 Å². The molecule has 1 fully saturated rings. The van der Waals surface area contributed by atoms with Gasteiger partial charge >= 0.3 is 0 Å². The van der Waals surface area contributed by atoms with E-state index in [4.69, 9.17) is 5.73 Å². The molecule has 1 aliphatic rings. The molecule has 0 heterocycles. The maximum Gasteiger partial charge on any atom is 0.102 e. The number of rotatable bonds is 5. The second-order valence-electron chi connectivity index (χ2n) is 3.81. The Balaban J connectivity index is 2.46. The molecule has 0 radical (unpaired) electrons. The second kappa shape index (κ2) is 5.55. The summed E-state index contributed by atoms with van der Waals surface area (Å²) < 4.78 is 12.2. The van der Waals surface area contributed by atoms with Gasteiger partial charge in [-0.05, 0) is 31.8 Å². The Morgan fingerprint density at radius 1 is 1.46 bits per heavy atom. The minimum atomic E-state index is -0.234. The van der Waals surface area contributed by atoms with Gasteiger partial charge in [-0.1, -0.05) is 13.3 Å². The molecule has 0 saturated heterocycles. The summed E-state index contributed by atoms with van der Waals surface area (Å²) in [4.78, 5) is 2.24. The maximum absolute atomic E-state index is 12.2. The quantitative estimate of drug-likeness (QED) is 0.706. The summed E-state index contributed by atoms with van der Waals surface area (Å²) in [5, 5.41) is 0. The van der Waals surface area contributed by atoms with Crippen LogP contribution in [0.4, 0.5) is 4.39 Å². The fourth-order valence-electron chi connectivity index (χ4n) is 2.44. The molecule has 0 aromatic heterocycles. The Morgan fingerprint density at radius 3 is 2.77 bits per heavy atom. The number of alkyl halides is 1. The van der Waals surface area contributed by atoms with Gasteiger partial charge in [-0.15, -0.1) is 0 Å². The summed E-state index contributed by atoms with van der Waals surface area (Å²) in [5.74, 6) is 0.603. The molecule has 2 atom stereocenters. The van der Waals surface area contributed by atoms with Gasteiger partial charge in [-0.3, -0.25) is 4.90 Å². The van der Waals surface area contributed by atoms with Crippen molar-refractivity contribution in [3.63, 3.8) is 0 Å². The summed E-state index contributed by atoms with van der Waals surface area (Å²) >= 11 is 0. The molecule has 0 amide bonds. The molecule has 2 nitrogen and oxygen atoms in total. The SMILES string of the molecule is CCN(CCF)C1CCCC1CN. The first-order valence-electron chi connectivity index (χ1n) is 5.33. The molecular weight excluding hydrogens is 167 g/mol. The lowest BCUT2D eigenvalue weighted by Gasteiger charge is -2.30. The van der Waals surface area contributed by atoms with Gasteiger partial charge in [0.2, 0.25) is 0 Å². The zero-order valence-corrected chi connectivity index (χ0v) is 8.51. The van der Waals surface area contributed by atoms with E-state index in [1.54, 1.807) is 0 Å². The molecule has 13 heavy (non-hydrogen) atoms. The first-order chi connectivity index (χ1) is 6.33. The highest BCUT2D eigenvalue weighted by Gasteiger charge is 2.29. The summed E-state index contributed by atoms with van der Waals surface area (Å²) in [5.41, 5.74) is 5.69. The molecular formula is C10H21FN2. The summed E-state index contributed by atoms with van der Waals surface area (Å²) in [6.07, 6.45) is 3.69. The van der Waals surface area contributed by atoms with Gasteiger partial charge in [-0.2, -0.15) is 0 Å². The van der Waals surface area contributed by atoms with Crippen LogP contribution >= 0.6 is 0 Å². The van der Waals surface area contributed by atoms with Crippen LogP contribution in [0.1, 0.15) is 26.2 Å². The second-order valence-corrected chi connectivity index (χ2v) is 3.81. The number of nitrogens with two attached hydrogens (primary N) is 1. The molecule has 0 bridgehead atoms. The zero-order valence-electron chi connectivity index (χ0n) is 8.51. The van der Waals surface area contributed by atoms with Crippen LogP contribution in [0.3, 0.4) is 0 Å². The number of nitrogens with zero attached hydrogens (tertiary/aromatic N) is 1. The predicted octanol–water partition coefficient (Wildman–Crippen LogP) is 1.41. The Morgan fingerprint density at radius 2 is 2.23 bits per heavy atom. The highest BCUT2D eigenvalue weighted by Crippen LogP contribution is 2.28. The first kappa shape index (κ1) is 10.9. The molecule has 78 valence electrons. The third-order valence-corrected chi connectivity index (χ3v) is 3.17. The molecule has 0 aromatic rings. The van der Waals surface area contributed by atoms with E-state index >= 15 is 0 Å². The molecule has 0 aromatic carbocycles. The van der Waals surface area contributed by atoms with Gasteiger partial charge < -0.3 is 5.73 Å². The van der Waals surface area contributed by atoms with Crippen molar-refractivity contribution >= 4 is 0 Å². The van der Waals surface area contributed by atoms with Gasteiger partial charge in [0.15, 0.2) is 0 Å². The molecule has 0 spiro atoms. The van der Waals surface area contributed by atoms with Gasteiger partial charge in [0.25, 0.3) is 0 Å². The van der Waals surface area contributed by atoms with Crippen molar-refractivity contribution < 1.29 is 4.39 Å². The van der Waals surface area contributed by atoms with Crippen LogP contribution in [0.2, 0.25) is 0 Å². The van der Waals surface area contributed by atoms with Crippen LogP contribution in [-0.2, 0) is 0 Å². The molecule has 1 saturated carbocycles. The lowest BCUT2D eigenvalue weighted by Crippen LogP contribution is -2.41. The average molecular weight is 188 g/mol. The van der Waals surface area contributed by atoms with Gasteiger partial charge in [0.05, 0.1) is 0 Å². The third-order valence-electron chi connectivity index (χ3n) is 3.17. The molecule has 1 rings (SSSR count). The Bertz CT molecular complexity index is 141. The topological polar surface area (TPSA) is 29.3 Å². The highest BCUT2D eigenvalue weighted by atomic mass is 19.1. The Kier molecular flexibility index (Phi) is 4.67. The monoisotopic (exact) mass is 188 g/mol. The van der Waals surface area contributed by atoms with E-state index in [1.807, 2.05) is 0 Å². The molecule has 3 heteroatoms. The molecule has 0 aliphatic heterocycles. The normalized spacial score (nSPS) is 28.6. The average Bonchev–Trinajstić information content (AvgIpc) is 2.61. The van der Waals surface area contributed by atoms with Gasteiger partial charge in [0.1, 0.15) is 6.67 Å². The molecule has 2 unspecified atom stereocenters. The van der Waals surface area contributed by atoms with Gasteiger partial charge in [0, 0.05) is 12.6 Å². The van der Waals surface area contributed by atoms with Crippen molar-refractivity contribution in [2.75, 3.05) is 26.3 Å². The number of halogens is 1. The smallest absolute Gasteiger partial charge is 0.102 e. The largest absolute Gasteiger partial charge is 0.330 e. The van der Waals surface area contributed by atoms with E-state index in [9.17, 15) is 4.39 Å². The van der Waals surface area contributed by atoms with Crippen molar-refractivity contribution in [1.82, 2.24) is 4.90 Å². The van der Waals surface area contributed by atoms with E-state index in [0.717, 1.165) is 13.1 Å². The highest BCUT2D eigenvalue weighted by molar-refractivity contribution is 4.85. The molecule has 2 N–H and O–H groups in total. The molecule has 1 aliphatic carbocycles. The summed E-state index contributed by atoms with van der Waals surface area (Å²) in [7, 11) is 0. The third kappa shape index (κ3) is 2.64. The fourth-order valence-corrected chi connectivity index (χ4v) is 2.44. The van der Waals surface area contributed by atoms with Crippen LogP contribution in [-0.4, -0.2) is 37.3 Å². The van der Waals surface area contributed by atoms with Crippen molar-refractivity contribution in [2.24, 2.45) is 11.7 Å². The number of hydrogen-bond donors (Lipinski definition) is 1. The predicted molar refractivity (Wildman–Crippen MR) is 53.4 cm³/mol. The standard InChI is InChI=1S/C10H21FN2/c1-2-13(7-6-11)10-5-3-4-9(10)8-12/h9-10H,2-8,12H2,1H3. The number of hydrogen-bond acceptors (Lipinski definition) is 2. The van der Waals surface area contributed by atoms with Crippen molar-refractivity contribution in [3.05, 3.63) is 0 Å². The lowest BCUT2D eigenvalue weighted by molar-refractivity contribution is 0.158. The van der Waals surface area contributed by atoms with Crippen LogP contribution in [0, 0.1) is 5.92 Å². The van der Waals surface area contributed by atoms with Crippen LogP contribution in [0.5, 0.6) is 0 Å². The lowest BCUT2D eigenvalue weighted by atomic mass is 10.0. The van der Waals surface area contributed by atoms with Crippen LogP contribution in [0.25, 0.3) is 0 Å².